The van der Waals surface area contributed by atoms with Gasteiger partial charge in [0.2, 0.25) is 0 Å². The Morgan fingerprint density at radius 1 is 1.58 bits per heavy atom. The first kappa shape index (κ1) is 17.6. The molecule has 0 heterocycles. The predicted molar refractivity (Wildman–Crippen MR) is 76.0 cm³/mol. The van der Waals surface area contributed by atoms with E-state index in [1.807, 2.05) is 0 Å². The first-order valence-electron chi connectivity index (χ1n) is 5.29. The molecule has 1 rings (SSSR count). The van der Waals surface area contributed by atoms with Gasteiger partial charge in [0, 0.05) is 31.8 Å². The molecule has 0 fully saturated rings. The molecule has 0 aliphatic rings. The zero-order valence-corrected chi connectivity index (χ0v) is 12.1. The van der Waals surface area contributed by atoms with Crippen LogP contribution in [0.2, 0.25) is 5.02 Å². The molecule has 2 N–H and O–H groups in total. The number of benzene rings is 1. The van der Waals surface area contributed by atoms with Crippen molar-refractivity contribution in [3.63, 3.8) is 0 Å². The van der Waals surface area contributed by atoms with Crippen LogP contribution in [-0.4, -0.2) is 35.4 Å². The summed E-state index contributed by atoms with van der Waals surface area (Å²) in [5.41, 5.74) is 5.55. The Hall–Kier alpha value is -1.37. The lowest BCUT2D eigenvalue weighted by Crippen LogP contribution is -2.39. The molecule has 0 saturated carbocycles. The van der Waals surface area contributed by atoms with Crippen molar-refractivity contribution in [3.05, 3.63) is 38.9 Å². The van der Waals surface area contributed by atoms with Crippen LogP contribution < -0.4 is 5.73 Å². The van der Waals surface area contributed by atoms with Crippen LogP contribution in [0.25, 0.3) is 0 Å². The zero-order valence-electron chi connectivity index (χ0n) is 10.5. The minimum absolute atomic E-state index is 0. The highest BCUT2D eigenvalue weighted by Gasteiger charge is 2.20. The van der Waals surface area contributed by atoms with Gasteiger partial charge in [0.1, 0.15) is 0 Å². The maximum absolute atomic E-state index is 12.1. The van der Waals surface area contributed by atoms with Gasteiger partial charge in [-0.3, -0.25) is 14.9 Å². The summed E-state index contributed by atoms with van der Waals surface area (Å²) in [5, 5.41) is 10.6. The number of carbonyl (C=O) groups excluding carboxylic acids is 1. The number of hydrogen-bond donors (Lipinski definition) is 1. The van der Waals surface area contributed by atoms with Crippen LogP contribution in [0.15, 0.2) is 18.2 Å². The number of halogens is 2. The number of amides is 1. The first-order valence-corrected chi connectivity index (χ1v) is 5.67. The Balaban J connectivity index is 0.00000324. The highest BCUT2D eigenvalue weighted by molar-refractivity contribution is 6.34. The number of nitro benzene ring substituents is 1. The summed E-state index contributed by atoms with van der Waals surface area (Å²) < 4.78 is 0. The maximum atomic E-state index is 12.1. The number of nitrogens with zero attached hydrogens (tertiary/aromatic N) is 2. The minimum atomic E-state index is -0.563. The molecule has 8 heteroatoms. The van der Waals surface area contributed by atoms with E-state index in [0.717, 1.165) is 6.07 Å². The molecule has 1 atom stereocenters. The SMILES string of the molecule is CC(CN)N(C)C(=O)c1ccc([N+](=O)[O-])cc1Cl.Cl. The van der Waals surface area contributed by atoms with E-state index in [-0.39, 0.29) is 40.6 Å². The summed E-state index contributed by atoms with van der Waals surface area (Å²) in [6, 6.07) is 3.63. The normalized spacial score (nSPS) is 11.4. The van der Waals surface area contributed by atoms with E-state index in [2.05, 4.69) is 0 Å². The van der Waals surface area contributed by atoms with Crippen molar-refractivity contribution in [2.75, 3.05) is 13.6 Å². The van der Waals surface area contributed by atoms with Crippen LogP contribution in [0.5, 0.6) is 0 Å². The number of carbonyl (C=O) groups is 1. The van der Waals surface area contributed by atoms with Gasteiger partial charge in [-0.25, -0.2) is 0 Å². The second-order valence-electron chi connectivity index (χ2n) is 3.92. The number of hydrogen-bond acceptors (Lipinski definition) is 4. The average Bonchev–Trinajstić information content (AvgIpc) is 2.35. The smallest absolute Gasteiger partial charge is 0.270 e. The van der Waals surface area contributed by atoms with Crippen molar-refractivity contribution in [1.82, 2.24) is 4.90 Å². The molecule has 0 radical (unpaired) electrons. The van der Waals surface area contributed by atoms with E-state index in [9.17, 15) is 14.9 Å². The monoisotopic (exact) mass is 307 g/mol. The third-order valence-electron chi connectivity index (χ3n) is 2.72. The van der Waals surface area contributed by atoms with E-state index >= 15 is 0 Å². The number of nitrogens with two attached hydrogens (primary N) is 1. The Labute approximate surface area is 122 Å². The highest BCUT2D eigenvalue weighted by Crippen LogP contribution is 2.23. The standard InChI is InChI=1S/C11H14ClN3O3.ClH/c1-7(6-13)14(2)11(16)9-4-3-8(15(17)18)5-10(9)12;/h3-5,7H,6,13H2,1-2H3;1H. The van der Waals surface area contributed by atoms with Gasteiger partial charge in [-0.05, 0) is 13.0 Å². The van der Waals surface area contributed by atoms with Crippen molar-refractivity contribution in [3.8, 4) is 0 Å². The molecule has 0 saturated heterocycles. The predicted octanol–water partition coefficient (Wildman–Crippen LogP) is 2.09. The molecule has 19 heavy (non-hydrogen) atoms. The van der Waals surface area contributed by atoms with Crippen LogP contribution in [0.1, 0.15) is 17.3 Å². The molecule has 1 amide bonds. The van der Waals surface area contributed by atoms with Crippen molar-refractivity contribution < 1.29 is 9.72 Å². The number of likely N-dealkylation sites (N-methyl/N-ethyl adjacent to an activating group) is 1. The summed E-state index contributed by atoms with van der Waals surface area (Å²) in [6.45, 7) is 2.13. The number of rotatable bonds is 4. The van der Waals surface area contributed by atoms with Crippen LogP contribution in [0, 0.1) is 10.1 Å². The van der Waals surface area contributed by atoms with Crippen LogP contribution >= 0.6 is 24.0 Å². The number of non-ortho nitro benzene ring substituents is 1. The van der Waals surface area contributed by atoms with Crippen molar-refractivity contribution >= 4 is 35.6 Å². The lowest BCUT2D eigenvalue weighted by molar-refractivity contribution is -0.384. The van der Waals surface area contributed by atoms with Gasteiger partial charge in [0.25, 0.3) is 11.6 Å². The topological polar surface area (TPSA) is 89.5 Å². The molecule has 0 bridgehead atoms. The van der Waals surface area contributed by atoms with Gasteiger partial charge in [-0.2, -0.15) is 0 Å². The maximum Gasteiger partial charge on any atom is 0.270 e. The summed E-state index contributed by atoms with van der Waals surface area (Å²) in [6.07, 6.45) is 0. The summed E-state index contributed by atoms with van der Waals surface area (Å²) >= 11 is 5.88. The van der Waals surface area contributed by atoms with Crippen molar-refractivity contribution in [2.45, 2.75) is 13.0 Å². The second kappa shape index (κ2) is 7.28. The quantitative estimate of drug-likeness (QED) is 0.681. The van der Waals surface area contributed by atoms with E-state index in [1.165, 1.54) is 17.0 Å². The van der Waals surface area contributed by atoms with Crippen LogP contribution in [0.4, 0.5) is 5.69 Å². The fourth-order valence-electron chi connectivity index (χ4n) is 1.34. The van der Waals surface area contributed by atoms with E-state index < -0.39 is 4.92 Å². The van der Waals surface area contributed by atoms with Crippen molar-refractivity contribution in [1.29, 1.82) is 0 Å². The molecule has 6 nitrogen and oxygen atoms in total. The Morgan fingerprint density at radius 3 is 2.58 bits per heavy atom. The fraction of sp³-hybridized carbons (Fsp3) is 0.364. The molecular weight excluding hydrogens is 293 g/mol. The molecule has 0 aromatic heterocycles. The lowest BCUT2D eigenvalue weighted by atomic mass is 10.1. The van der Waals surface area contributed by atoms with Crippen LogP contribution in [0.3, 0.4) is 0 Å². The molecule has 1 aromatic rings. The summed E-state index contributed by atoms with van der Waals surface area (Å²) in [7, 11) is 1.61. The minimum Gasteiger partial charge on any atom is -0.338 e. The molecule has 106 valence electrons. The van der Waals surface area contributed by atoms with Gasteiger partial charge in [-0.1, -0.05) is 11.6 Å². The van der Waals surface area contributed by atoms with Gasteiger partial charge < -0.3 is 10.6 Å². The second-order valence-corrected chi connectivity index (χ2v) is 4.33. The molecule has 0 aliphatic carbocycles. The molecule has 0 spiro atoms. The Bertz CT molecular complexity index is 482. The molecule has 0 aliphatic heterocycles. The number of nitro groups is 1. The summed E-state index contributed by atoms with van der Waals surface area (Å²) in [4.78, 5) is 23.5. The fourth-order valence-corrected chi connectivity index (χ4v) is 1.59. The Morgan fingerprint density at radius 2 is 2.16 bits per heavy atom. The van der Waals surface area contributed by atoms with Crippen LogP contribution in [-0.2, 0) is 0 Å². The zero-order chi connectivity index (χ0) is 13.9. The lowest BCUT2D eigenvalue weighted by Gasteiger charge is -2.24. The van der Waals surface area contributed by atoms with Gasteiger partial charge in [-0.15, -0.1) is 12.4 Å². The largest absolute Gasteiger partial charge is 0.338 e. The third-order valence-corrected chi connectivity index (χ3v) is 3.03. The van der Waals surface area contributed by atoms with Crippen molar-refractivity contribution in [2.24, 2.45) is 5.73 Å². The van der Waals surface area contributed by atoms with E-state index in [4.69, 9.17) is 17.3 Å². The third kappa shape index (κ3) is 4.05. The first-order chi connectivity index (χ1) is 8.38. The molecule has 1 aromatic carbocycles. The van der Waals surface area contributed by atoms with Gasteiger partial charge in [0.15, 0.2) is 0 Å². The van der Waals surface area contributed by atoms with Gasteiger partial charge in [0.05, 0.1) is 15.5 Å². The van der Waals surface area contributed by atoms with Gasteiger partial charge >= 0.3 is 0 Å². The summed E-state index contributed by atoms with van der Waals surface area (Å²) in [5.74, 6) is -0.312. The highest BCUT2D eigenvalue weighted by atomic mass is 35.5. The molecular formula is C11H15Cl2N3O3. The average molecular weight is 308 g/mol. The van der Waals surface area contributed by atoms with E-state index in [1.54, 1.807) is 14.0 Å². The Kier molecular flexibility index (Phi) is 6.75. The van der Waals surface area contributed by atoms with E-state index in [0.29, 0.717) is 6.54 Å². The molecule has 1 unspecified atom stereocenters.